The van der Waals surface area contributed by atoms with Crippen LogP contribution in [0.3, 0.4) is 0 Å². The van der Waals surface area contributed by atoms with Crippen LogP contribution in [0.2, 0.25) is 0 Å². The van der Waals surface area contributed by atoms with E-state index in [0.29, 0.717) is 0 Å². The quantitative estimate of drug-likeness (QED) is 0.709. The summed E-state index contributed by atoms with van der Waals surface area (Å²) in [5.41, 5.74) is 3.93. The first-order chi connectivity index (χ1) is 15.0. The van der Waals surface area contributed by atoms with Crippen LogP contribution in [0.4, 0.5) is 10.1 Å². The van der Waals surface area contributed by atoms with Gasteiger partial charge in [0.1, 0.15) is 5.82 Å². The number of aromatic nitrogens is 1. The van der Waals surface area contributed by atoms with Crippen LogP contribution in [0.5, 0.6) is 0 Å². The summed E-state index contributed by atoms with van der Waals surface area (Å²) in [5.74, 6) is -0.0612. The minimum atomic E-state index is -0.194. The van der Waals surface area contributed by atoms with Crippen LogP contribution in [0.1, 0.15) is 40.6 Å². The molecular weight excluding hydrogens is 395 g/mol. The van der Waals surface area contributed by atoms with Crippen molar-refractivity contribution in [3.05, 3.63) is 53.1 Å². The lowest BCUT2D eigenvalue weighted by Gasteiger charge is -2.36. The molecule has 0 spiro atoms. The normalized spacial score (nSPS) is 20.1. The zero-order valence-corrected chi connectivity index (χ0v) is 18.8. The lowest BCUT2D eigenvalue weighted by molar-refractivity contribution is 0.0688. The highest BCUT2D eigenvalue weighted by molar-refractivity contribution is 5.97. The summed E-state index contributed by atoms with van der Waals surface area (Å²) < 4.78 is 20.9. The van der Waals surface area contributed by atoms with Crippen molar-refractivity contribution < 1.29 is 13.9 Å². The molecule has 1 aromatic heterocycles. The second-order valence-corrected chi connectivity index (χ2v) is 8.65. The second-order valence-electron chi connectivity index (χ2n) is 8.65. The maximum absolute atomic E-state index is 13.2. The van der Waals surface area contributed by atoms with Gasteiger partial charge in [0.2, 0.25) is 0 Å². The van der Waals surface area contributed by atoms with Crippen LogP contribution in [-0.4, -0.2) is 73.2 Å². The third kappa shape index (κ3) is 4.62. The monoisotopic (exact) mass is 428 g/mol. The lowest BCUT2D eigenvalue weighted by atomic mass is 10.1. The average Bonchev–Trinajstić information content (AvgIpc) is 2.98. The van der Waals surface area contributed by atoms with Crippen molar-refractivity contribution in [2.45, 2.75) is 25.9 Å². The van der Waals surface area contributed by atoms with Gasteiger partial charge in [-0.3, -0.25) is 9.69 Å². The van der Waals surface area contributed by atoms with Gasteiger partial charge in [-0.15, -0.1) is 0 Å². The second kappa shape index (κ2) is 9.40. The van der Waals surface area contributed by atoms with Gasteiger partial charge < -0.3 is 19.1 Å². The molecule has 168 valence electrons. The molecule has 1 unspecified atom stereocenters. The molecule has 2 aliphatic rings. The Labute approximate surface area is 184 Å². The number of hydrogen-bond acceptors (Lipinski definition) is 4. The highest BCUT2D eigenvalue weighted by atomic mass is 19.1. The Bertz CT molecular complexity index is 903. The highest BCUT2D eigenvalue weighted by Crippen LogP contribution is 2.32. The zero-order valence-electron chi connectivity index (χ0n) is 18.8. The summed E-state index contributed by atoms with van der Waals surface area (Å²) in [6.07, 6.45) is 3.77. The fourth-order valence-electron chi connectivity index (χ4n) is 4.95. The summed E-state index contributed by atoms with van der Waals surface area (Å²) in [6, 6.07) is 6.74. The number of aryl methyl sites for hydroxylation is 2. The Kier molecular flexibility index (Phi) is 6.62. The first-order valence-corrected chi connectivity index (χ1v) is 11.2. The number of carbonyl (C=O) groups excluding carboxylic acids is 1. The summed E-state index contributed by atoms with van der Waals surface area (Å²) >= 11 is 0. The molecule has 4 rings (SSSR count). The van der Waals surface area contributed by atoms with E-state index in [-0.39, 0.29) is 17.8 Å². The number of fused-ring (bicyclic) bond motifs is 1. The molecule has 6 nitrogen and oxygen atoms in total. The predicted octanol–water partition coefficient (Wildman–Crippen LogP) is 3.22. The molecule has 3 heterocycles. The van der Waals surface area contributed by atoms with Gasteiger partial charge in [-0.1, -0.05) is 0 Å². The van der Waals surface area contributed by atoms with Crippen molar-refractivity contribution in [2.24, 2.45) is 7.05 Å². The standard InChI is InChI=1S/C24H33FN4O2/c1-18-17-26(2)23-21(31-3)9-12-29(24(30)22(18)23)11-4-10-27-13-15-28(16-14-27)20-7-5-19(25)6-8-20/h5-8,17,21H,4,9-16H2,1-3H3. The smallest absolute Gasteiger partial charge is 0.256 e. The van der Waals surface area contributed by atoms with Crippen molar-refractivity contribution in [3.8, 4) is 0 Å². The molecule has 0 aliphatic carbocycles. The number of nitrogens with zero attached hydrogens (tertiary/aromatic N) is 4. The number of rotatable bonds is 6. The Morgan fingerprint density at radius 2 is 1.77 bits per heavy atom. The molecule has 0 saturated carbocycles. The zero-order chi connectivity index (χ0) is 22.0. The van der Waals surface area contributed by atoms with Crippen LogP contribution in [0.15, 0.2) is 30.5 Å². The SMILES string of the molecule is COC1CCN(CCCN2CCN(c3ccc(F)cc3)CC2)C(=O)c2c(C)cn(C)c21. The van der Waals surface area contributed by atoms with E-state index in [1.165, 1.54) is 12.1 Å². The van der Waals surface area contributed by atoms with Crippen LogP contribution in [0, 0.1) is 12.7 Å². The van der Waals surface area contributed by atoms with Crippen LogP contribution in [-0.2, 0) is 11.8 Å². The lowest BCUT2D eigenvalue weighted by Crippen LogP contribution is -2.47. The van der Waals surface area contributed by atoms with Crippen molar-refractivity contribution in [1.29, 1.82) is 0 Å². The van der Waals surface area contributed by atoms with Crippen molar-refractivity contribution in [3.63, 3.8) is 0 Å². The molecule has 1 aromatic carbocycles. The molecule has 1 amide bonds. The molecule has 2 aliphatic heterocycles. The molecule has 1 atom stereocenters. The van der Waals surface area contributed by atoms with E-state index in [1.807, 2.05) is 41.8 Å². The number of piperazine rings is 1. The molecule has 2 aromatic rings. The number of amides is 1. The molecular formula is C24H33FN4O2. The molecule has 0 radical (unpaired) electrons. The van der Waals surface area contributed by atoms with E-state index in [2.05, 4.69) is 9.80 Å². The van der Waals surface area contributed by atoms with E-state index >= 15 is 0 Å². The maximum atomic E-state index is 13.2. The Morgan fingerprint density at radius 3 is 2.45 bits per heavy atom. The Balaban J connectivity index is 1.29. The number of methoxy groups -OCH3 is 1. The van der Waals surface area contributed by atoms with Gasteiger partial charge in [0.25, 0.3) is 5.91 Å². The third-order valence-electron chi connectivity index (χ3n) is 6.64. The fraction of sp³-hybridized carbons (Fsp3) is 0.542. The maximum Gasteiger partial charge on any atom is 0.256 e. The molecule has 31 heavy (non-hydrogen) atoms. The van der Waals surface area contributed by atoms with E-state index in [1.54, 1.807) is 7.11 Å². The fourth-order valence-corrected chi connectivity index (χ4v) is 4.95. The van der Waals surface area contributed by atoms with E-state index in [4.69, 9.17) is 4.74 Å². The van der Waals surface area contributed by atoms with Crippen molar-refractivity contribution in [2.75, 3.05) is 57.8 Å². The number of halogens is 1. The first-order valence-electron chi connectivity index (χ1n) is 11.2. The third-order valence-corrected chi connectivity index (χ3v) is 6.64. The van der Waals surface area contributed by atoms with E-state index in [0.717, 1.165) is 81.2 Å². The van der Waals surface area contributed by atoms with Gasteiger partial charge in [-0.25, -0.2) is 4.39 Å². The molecule has 7 heteroatoms. The number of carbonyl (C=O) groups is 1. The summed E-state index contributed by atoms with van der Waals surface area (Å²) in [6.45, 7) is 8.33. The number of benzene rings is 1. The summed E-state index contributed by atoms with van der Waals surface area (Å²) in [4.78, 5) is 20.0. The van der Waals surface area contributed by atoms with Gasteiger partial charge in [-0.2, -0.15) is 0 Å². The predicted molar refractivity (Wildman–Crippen MR) is 120 cm³/mol. The van der Waals surface area contributed by atoms with Crippen LogP contribution < -0.4 is 4.90 Å². The highest BCUT2D eigenvalue weighted by Gasteiger charge is 2.32. The molecule has 1 fully saturated rings. The van der Waals surface area contributed by atoms with Crippen molar-refractivity contribution in [1.82, 2.24) is 14.4 Å². The van der Waals surface area contributed by atoms with Gasteiger partial charge in [0.05, 0.1) is 17.4 Å². The van der Waals surface area contributed by atoms with Gasteiger partial charge in [-0.05, 0) is 56.1 Å². The molecule has 1 saturated heterocycles. The van der Waals surface area contributed by atoms with Gasteiger partial charge >= 0.3 is 0 Å². The molecule has 0 N–H and O–H groups in total. The molecule has 0 bridgehead atoms. The average molecular weight is 429 g/mol. The van der Waals surface area contributed by atoms with Crippen LogP contribution in [0.25, 0.3) is 0 Å². The van der Waals surface area contributed by atoms with E-state index < -0.39 is 0 Å². The number of ether oxygens (including phenoxy) is 1. The number of anilines is 1. The Morgan fingerprint density at radius 1 is 1.06 bits per heavy atom. The topological polar surface area (TPSA) is 41.0 Å². The minimum absolute atomic E-state index is 0.0396. The van der Waals surface area contributed by atoms with E-state index in [9.17, 15) is 9.18 Å². The first kappa shape index (κ1) is 21.8. The Hall–Kier alpha value is -2.38. The minimum Gasteiger partial charge on any atom is -0.375 e. The number of hydrogen-bond donors (Lipinski definition) is 0. The van der Waals surface area contributed by atoms with Gasteiger partial charge in [0.15, 0.2) is 0 Å². The van der Waals surface area contributed by atoms with Crippen LogP contribution >= 0.6 is 0 Å². The largest absolute Gasteiger partial charge is 0.375 e. The van der Waals surface area contributed by atoms with Gasteiger partial charge in [0, 0.05) is 65.3 Å². The summed E-state index contributed by atoms with van der Waals surface area (Å²) in [7, 11) is 3.72. The van der Waals surface area contributed by atoms with Crippen molar-refractivity contribution >= 4 is 11.6 Å². The summed E-state index contributed by atoms with van der Waals surface area (Å²) in [5, 5.41) is 0.